The van der Waals surface area contributed by atoms with Crippen molar-refractivity contribution in [3.8, 4) is 0 Å². The average Bonchev–Trinajstić information content (AvgIpc) is 3.25. The Morgan fingerprint density at radius 3 is 2.62 bits per heavy atom. The highest BCUT2D eigenvalue weighted by molar-refractivity contribution is 6.31. The summed E-state index contributed by atoms with van der Waals surface area (Å²) in [5, 5.41) is 3.81. The van der Waals surface area contributed by atoms with E-state index in [1.807, 2.05) is 29.2 Å². The van der Waals surface area contributed by atoms with Crippen LogP contribution in [-0.4, -0.2) is 35.8 Å². The van der Waals surface area contributed by atoms with E-state index in [1.54, 1.807) is 0 Å². The van der Waals surface area contributed by atoms with Gasteiger partial charge in [-0.1, -0.05) is 42.6 Å². The molecule has 0 aromatic heterocycles. The van der Waals surface area contributed by atoms with E-state index in [-0.39, 0.29) is 11.8 Å². The Bertz CT molecular complexity index is 599. The first-order valence-electron chi connectivity index (χ1n) is 8.95. The summed E-state index contributed by atoms with van der Waals surface area (Å²) in [6, 6.07) is 8.17. The molecule has 1 saturated carbocycles. The highest BCUT2D eigenvalue weighted by Gasteiger charge is 2.28. The third kappa shape index (κ3) is 4.29. The minimum absolute atomic E-state index is 0.0112. The van der Waals surface area contributed by atoms with Crippen LogP contribution >= 0.6 is 11.6 Å². The van der Waals surface area contributed by atoms with Crippen molar-refractivity contribution in [2.75, 3.05) is 13.1 Å². The Labute approximate surface area is 148 Å². The first-order chi connectivity index (χ1) is 11.6. The van der Waals surface area contributed by atoms with E-state index in [4.69, 9.17) is 11.6 Å². The molecule has 1 saturated heterocycles. The second kappa shape index (κ2) is 8.02. The second-order valence-electron chi connectivity index (χ2n) is 6.90. The average molecular weight is 349 g/mol. The molecule has 1 heterocycles. The van der Waals surface area contributed by atoms with Crippen LogP contribution in [0.15, 0.2) is 24.3 Å². The molecule has 3 rings (SSSR count). The lowest BCUT2D eigenvalue weighted by molar-refractivity contribution is -0.132. The molecule has 24 heavy (non-hydrogen) atoms. The Morgan fingerprint density at radius 2 is 1.88 bits per heavy atom. The fourth-order valence-corrected chi connectivity index (χ4v) is 4.09. The van der Waals surface area contributed by atoms with E-state index in [2.05, 4.69) is 5.32 Å². The first-order valence-corrected chi connectivity index (χ1v) is 9.33. The van der Waals surface area contributed by atoms with Gasteiger partial charge in [-0.15, -0.1) is 0 Å². The van der Waals surface area contributed by atoms with Gasteiger partial charge in [0.25, 0.3) is 0 Å². The molecule has 0 bridgehead atoms. The Kier molecular flexibility index (Phi) is 5.77. The van der Waals surface area contributed by atoms with Crippen LogP contribution in [0.4, 0.5) is 0 Å². The van der Waals surface area contributed by atoms with Crippen LogP contribution in [-0.2, 0) is 9.59 Å². The molecule has 1 aliphatic heterocycles. The molecule has 4 nitrogen and oxygen atoms in total. The molecule has 1 N–H and O–H groups in total. The lowest BCUT2D eigenvalue weighted by Gasteiger charge is -2.18. The highest BCUT2D eigenvalue weighted by Crippen LogP contribution is 2.32. The number of halogens is 1. The van der Waals surface area contributed by atoms with Gasteiger partial charge in [-0.25, -0.2) is 0 Å². The van der Waals surface area contributed by atoms with E-state index in [9.17, 15) is 9.59 Å². The van der Waals surface area contributed by atoms with Gasteiger partial charge in [0.15, 0.2) is 0 Å². The Hall–Kier alpha value is -1.55. The van der Waals surface area contributed by atoms with Gasteiger partial charge < -0.3 is 10.2 Å². The third-order valence-electron chi connectivity index (χ3n) is 5.17. The molecule has 5 heteroatoms. The highest BCUT2D eigenvalue weighted by atomic mass is 35.5. The number of nitrogens with one attached hydrogen (secondary N) is 1. The summed E-state index contributed by atoms with van der Waals surface area (Å²) < 4.78 is 0. The van der Waals surface area contributed by atoms with Crippen LogP contribution in [0, 0.1) is 0 Å². The standard InChI is InChI=1S/C19H25ClN2O2/c20-17-8-4-3-7-16(17)14-11-12-22(13-14)19(24)10-9-18(23)21-15-5-1-2-6-15/h3-4,7-8,14-15H,1-2,5-6,9-13H2,(H,21,23). The lowest BCUT2D eigenvalue weighted by atomic mass is 9.98. The molecule has 2 fully saturated rings. The van der Waals surface area contributed by atoms with Crippen molar-refractivity contribution in [3.63, 3.8) is 0 Å². The number of rotatable bonds is 5. The predicted molar refractivity (Wildman–Crippen MR) is 95.0 cm³/mol. The number of benzene rings is 1. The van der Waals surface area contributed by atoms with Gasteiger partial charge in [0.2, 0.25) is 11.8 Å². The number of carbonyl (C=O) groups is 2. The predicted octanol–water partition coefficient (Wildman–Crippen LogP) is 3.49. The fraction of sp³-hybridized carbons (Fsp3) is 0.579. The van der Waals surface area contributed by atoms with Gasteiger partial charge in [-0.05, 0) is 30.9 Å². The summed E-state index contributed by atoms with van der Waals surface area (Å²) in [5.41, 5.74) is 1.12. The van der Waals surface area contributed by atoms with Crippen molar-refractivity contribution < 1.29 is 9.59 Å². The second-order valence-corrected chi connectivity index (χ2v) is 7.30. The molecular weight excluding hydrogens is 324 g/mol. The van der Waals surface area contributed by atoms with Gasteiger partial charge in [0.05, 0.1) is 0 Å². The molecule has 0 radical (unpaired) electrons. The van der Waals surface area contributed by atoms with Crippen LogP contribution in [0.2, 0.25) is 5.02 Å². The Balaban J connectivity index is 1.44. The number of amides is 2. The zero-order chi connectivity index (χ0) is 16.9. The summed E-state index contributed by atoms with van der Waals surface area (Å²) >= 11 is 6.26. The number of hydrogen-bond acceptors (Lipinski definition) is 2. The van der Waals surface area contributed by atoms with E-state index < -0.39 is 0 Å². The Morgan fingerprint density at radius 1 is 1.12 bits per heavy atom. The zero-order valence-electron chi connectivity index (χ0n) is 14.0. The first kappa shape index (κ1) is 17.3. The molecule has 1 aromatic rings. The fourth-order valence-electron chi connectivity index (χ4n) is 3.80. The number of likely N-dealkylation sites (tertiary alicyclic amines) is 1. The molecule has 1 aliphatic carbocycles. The number of nitrogens with zero attached hydrogens (tertiary/aromatic N) is 1. The van der Waals surface area contributed by atoms with Crippen LogP contribution < -0.4 is 5.32 Å². The zero-order valence-corrected chi connectivity index (χ0v) is 14.7. The monoisotopic (exact) mass is 348 g/mol. The molecule has 2 amide bonds. The minimum Gasteiger partial charge on any atom is -0.353 e. The minimum atomic E-state index is 0.0112. The van der Waals surface area contributed by atoms with E-state index in [0.29, 0.717) is 31.3 Å². The summed E-state index contributed by atoms with van der Waals surface area (Å²) in [6.07, 6.45) is 6.07. The summed E-state index contributed by atoms with van der Waals surface area (Å²) in [6.45, 7) is 1.45. The van der Waals surface area contributed by atoms with Crippen LogP contribution in [0.25, 0.3) is 0 Å². The molecular formula is C19H25ClN2O2. The van der Waals surface area contributed by atoms with Crippen molar-refractivity contribution in [3.05, 3.63) is 34.9 Å². The SMILES string of the molecule is O=C(CCC(=O)N1CCC(c2ccccc2Cl)C1)NC1CCCC1. The summed E-state index contributed by atoms with van der Waals surface area (Å²) in [7, 11) is 0. The molecule has 1 unspecified atom stereocenters. The van der Waals surface area contributed by atoms with E-state index >= 15 is 0 Å². The van der Waals surface area contributed by atoms with Gasteiger partial charge >= 0.3 is 0 Å². The number of carbonyl (C=O) groups excluding carboxylic acids is 2. The summed E-state index contributed by atoms with van der Waals surface area (Å²) in [5.74, 6) is 0.387. The smallest absolute Gasteiger partial charge is 0.223 e. The largest absolute Gasteiger partial charge is 0.353 e. The van der Waals surface area contributed by atoms with Crippen LogP contribution in [0.1, 0.15) is 56.4 Å². The molecule has 0 spiro atoms. The third-order valence-corrected chi connectivity index (χ3v) is 5.52. The maximum atomic E-state index is 12.4. The lowest BCUT2D eigenvalue weighted by Crippen LogP contribution is -2.34. The van der Waals surface area contributed by atoms with Gasteiger partial charge in [-0.2, -0.15) is 0 Å². The van der Waals surface area contributed by atoms with Crippen LogP contribution in [0.5, 0.6) is 0 Å². The molecule has 2 aliphatic rings. The van der Waals surface area contributed by atoms with Crippen molar-refractivity contribution in [2.24, 2.45) is 0 Å². The molecule has 130 valence electrons. The molecule has 1 aromatic carbocycles. The van der Waals surface area contributed by atoms with Gasteiger partial charge in [-0.3, -0.25) is 9.59 Å². The quantitative estimate of drug-likeness (QED) is 0.885. The summed E-state index contributed by atoms with van der Waals surface area (Å²) in [4.78, 5) is 26.2. The van der Waals surface area contributed by atoms with Crippen molar-refractivity contribution in [1.29, 1.82) is 0 Å². The number of hydrogen-bond donors (Lipinski definition) is 1. The maximum Gasteiger partial charge on any atom is 0.223 e. The van der Waals surface area contributed by atoms with Crippen molar-refractivity contribution in [1.82, 2.24) is 10.2 Å². The van der Waals surface area contributed by atoms with Crippen molar-refractivity contribution in [2.45, 2.75) is 56.9 Å². The normalized spacial score (nSPS) is 21.2. The van der Waals surface area contributed by atoms with Crippen LogP contribution in [0.3, 0.4) is 0 Å². The maximum absolute atomic E-state index is 12.4. The molecule has 1 atom stereocenters. The van der Waals surface area contributed by atoms with Gasteiger partial charge in [0.1, 0.15) is 0 Å². The van der Waals surface area contributed by atoms with Crippen molar-refractivity contribution >= 4 is 23.4 Å². The van der Waals surface area contributed by atoms with E-state index in [0.717, 1.165) is 36.4 Å². The topological polar surface area (TPSA) is 49.4 Å². The van der Waals surface area contributed by atoms with Gasteiger partial charge in [0, 0.05) is 42.9 Å². The van der Waals surface area contributed by atoms with E-state index in [1.165, 1.54) is 12.8 Å².